The molecule has 0 saturated carbocycles. The quantitative estimate of drug-likeness (QED) is 0.289. The first-order valence-corrected chi connectivity index (χ1v) is 10.00. The van der Waals surface area contributed by atoms with Crippen LogP contribution in [0.4, 0.5) is 0 Å². The first kappa shape index (κ1) is 22.2. The molecule has 2 aliphatic rings. The van der Waals surface area contributed by atoms with E-state index in [9.17, 15) is 0 Å². The van der Waals surface area contributed by atoms with Gasteiger partial charge in [0, 0.05) is 35.5 Å². The van der Waals surface area contributed by atoms with E-state index in [0.717, 1.165) is 0 Å². The summed E-state index contributed by atoms with van der Waals surface area (Å²) in [7, 11) is 13.2. The molecular formula is C14H28BO10P3. The maximum Gasteiger partial charge on any atom is 0.283 e. The molecule has 2 N–H and O–H groups in total. The first-order chi connectivity index (χ1) is 14.5. The van der Waals surface area contributed by atoms with Crippen LogP contribution in [-0.2, 0) is 37.2 Å². The molecule has 2 aliphatic heterocycles. The molecule has 14 heteroatoms. The SMILES string of the molecule is [2H]O[C@H]1C(C)OC(COP)[C@H](OC2OC(COP)[C@H](O[B])[C@H](OC)[C@H]2O[2H])[C@@H]1OP. The van der Waals surface area contributed by atoms with Crippen molar-refractivity contribution in [1.29, 1.82) is 2.86 Å². The normalized spacial score (nSPS) is 45.5. The first-order valence-electron chi connectivity index (χ1n) is 9.40. The van der Waals surface area contributed by atoms with Gasteiger partial charge in [0.1, 0.15) is 42.7 Å². The van der Waals surface area contributed by atoms with E-state index in [1.54, 1.807) is 6.92 Å². The molecule has 2 radical (unpaired) electrons. The molecule has 0 amide bonds. The highest BCUT2D eigenvalue weighted by Crippen LogP contribution is 2.33. The highest BCUT2D eigenvalue weighted by molar-refractivity contribution is 7.10. The summed E-state index contributed by atoms with van der Waals surface area (Å²) in [6.07, 6.45) is -7.73. The number of ether oxygens (including phenoxy) is 4. The highest BCUT2D eigenvalue weighted by Gasteiger charge is 2.51. The minimum atomic E-state index is -1.10. The van der Waals surface area contributed by atoms with E-state index in [-0.39, 0.29) is 13.2 Å². The minimum absolute atomic E-state index is 0.0926. The molecule has 0 bridgehead atoms. The lowest BCUT2D eigenvalue weighted by atomic mass is 9.94. The van der Waals surface area contributed by atoms with E-state index in [0.29, 0.717) is 0 Å². The number of aliphatic hydroxyl groups is 2. The van der Waals surface area contributed by atoms with Gasteiger partial charge < -0.3 is 47.4 Å². The van der Waals surface area contributed by atoms with Crippen molar-refractivity contribution in [3.8, 4) is 0 Å². The summed E-state index contributed by atoms with van der Waals surface area (Å²) in [4.78, 5) is 0. The Morgan fingerprint density at radius 2 is 1.61 bits per heavy atom. The zero-order valence-electron chi connectivity index (χ0n) is 17.6. The van der Waals surface area contributed by atoms with Crippen LogP contribution in [0.3, 0.4) is 0 Å². The Morgan fingerprint density at radius 3 is 2.11 bits per heavy atom. The largest absolute Gasteiger partial charge is 0.440 e. The Balaban J connectivity index is 2.31. The Bertz CT molecular complexity index is 507. The van der Waals surface area contributed by atoms with Gasteiger partial charge in [0.05, 0.1) is 25.4 Å². The van der Waals surface area contributed by atoms with Crippen LogP contribution >= 0.6 is 28.4 Å². The van der Waals surface area contributed by atoms with Crippen LogP contribution < -0.4 is 0 Å². The highest BCUT2D eigenvalue weighted by atomic mass is 31.0. The van der Waals surface area contributed by atoms with E-state index >= 15 is 0 Å². The summed E-state index contributed by atoms with van der Waals surface area (Å²) in [5.74, 6) is 0. The van der Waals surface area contributed by atoms with Gasteiger partial charge in [-0.3, -0.25) is 0 Å². The molecule has 28 heavy (non-hydrogen) atoms. The molecule has 13 atom stereocenters. The smallest absolute Gasteiger partial charge is 0.283 e. The zero-order chi connectivity index (χ0) is 22.3. The van der Waals surface area contributed by atoms with E-state index in [2.05, 4.69) is 28.4 Å². The number of methoxy groups -OCH3 is 1. The summed E-state index contributed by atoms with van der Waals surface area (Å²) in [5, 5.41) is 9.66. The maximum absolute atomic E-state index is 7.52. The van der Waals surface area contributed by atoms with Crippen LogP contribution in [0.25, 0.3) is 0 Å². The number of aliphatic hydroxyl groups excluding tert-OH is 2. The van der Waals surface area contributed by atoms with Crippen molar-refractivity contribution in [2.24, 2.45) is 0 Å². The molecule has 2 fully saturated rings. The molecule has 7 unspecified atom stereocenters. The lowest BCUT2D eigenvalue weighted by Gasteiger charge is -2.48. The topological polar surface area (TPSA) is 114 Å². The predicted octanol–water partition coefficient (Wildman–Crippen LogP) is -1.12. The summed E-state index contributed by atoms with van der Waals surface area (Å²) in [6.45, 7) is 1.99. The van der Waals surface area contributed by atoms with Gasteiger partial charge in [-0.05, 0) is 6.92 Å². The fourth-order valence-electron chi connectivity index (χ4n) is 3.45. The molecule has 0 aliphatic carbocycles. The lowest BCUT2D eigenvalue weighted by Crippen LogP contribution is -2.64. The fourth-order valence-corrected chi connectivity index (χ4v) is 4.14. The second-order valence-electron chi connectivity index (χ2n) is 6.52. The van der Waals surface area contributed by atoms with Crippen LogP contribution in [0.2, 0.25) is 0 Å². The van der Waals surface area contributed by atoms with E-state index in [1.165, 1.54) is 7.11 Å². The van der Waals surface area contributed by atoms with Gasteiger partial charge in [0.2, 0.25) is 2.86 Å². The third kappa shape index (κ3) is 5.60. The van der Waals surface area contributed by atoms with Crippen LogP contribution in [-0.4, -0.2) is 103 Å². The van der Waals surface area contributed by atoms with Crippen molar-refractivity contribution in [2.75, 3.05) is 20.3 Å². The third-order valence-corrected chi connectivity index (χ3v) is 5.56. The molecule has 10 nitrogen and oxygen atoms in total. The Morgan fingerprint density at radius 1 is 0.964 bits per heavy atom. The second kappa shape index (κ2) is 12.1. The van der Waals surface area contributed by atoms with Crippen LogP contribution in [0.5, 0.6) is 0 Å². The van der Waals surface area contributed by atoms with Crippen LogP contribution in [0.15, 0.2) is 0 Å². The number of hydrogen-bond acceptors (Lipinski definition) is 10. The molecule has 0 spiro atoms. The molecule has 2 saturated heterocycles. The van der Waals surface area contributed by atoms with Gasteiger partial charge in [-0.2, -0.15) is 0 Å². The Labute approximate surface area is 175 Å². The van der Waals surface area contributed by atoms with E-state index in [4.69, 9.17) is 58.3 Å². The third-order valence-electron chi connectivity index (χ3n) is 4.86. The maximum atomic E-state index is 7.52. The van der Waals surface area contributed by atoms with Crippen molar-refractivity contribution in [2.45, 2.75) is 68.1 Å². The fraction of sp³-hybridized carbons (Fsp3) is 1.00. The molecule has 2 rings (SSSR count). The van der Waals surface area contributed by atoms with Crippen molar-refractivity contribution in [3.05, 3.63) is 0 Å². The van der Waals surface area contributed by atoms with E-state index < -0.39 is 61.2 Å². The monoisotopic (exact) mass is 462 g/mol. The summed E-state index contributed by atoms with van der Waals surface area (Å²) in [5.41, 5.74) is 0. The summed E-state index contributed by atoms with van der Waals surface area (Å²) in [6, 6.07) is 0. The average Bonchev–Trinajstić information content (AvgIpc) is 2.74. The second-order valence-corrected chi connectivity index (χ2v) is 7.46. The molecular weight excluding hydrogens is 432 g/mol. The summed E-state index contributed by atoms with van der Waals surface area (Å²) < 4.78 is 59.2. The molecule has 0 aromatic carbocycles. The van der Waals surface area contributed by atoms with Gasteiger partial charge >= 0.3 is 0 Å². The Hall–Kier alpha value is 0.955. The molecule has 0 aromatic rings. The molecule has 2 heterocycles. The van der Waals surface area contributed by atoms with Crippen LogP contribution in [0.1, 0.15) is 6.92 Å². The van der Waals surface area contributed by atoms with Gasteiger partial charge in [-0.1, -0.05) is 0 Å². The van der Waals surface area contributed by atoms with Gasteiger partial charge in [-0.15, -0.1) is 0 Å². The number of hydrogen-bond donors (Lipinski definition) is 2. The van der Waals surface area contributed by atoms with Gasteiger partial charge in [-0.25, -0.2) is 0 Å². The van der Waals surface area contributed by atoms with Crippen molar-refractivity contribution < 1.29 is 47.4 Å². The van der Waals surface area contributed by atoms with Crippen molar-refractivity contribution in [3.63, 3.8) is 0 Å². The van der Waals surface area contributed by atoms with Gasteiger partial charge in [0.15, 0.2) is 6.29 Å². The zero-order valence-corrected chi connectivity index (χ0v) is 19.0. The molecule has 0 aromatic heterocycles. The van der Waals surface area contributed by atoms with Crippen molar-refractivity contribution in [1.82, 2.24) is 0 Å². The lowest BCUT2D eigenvalue weighted by molar-refractivity contribution is -0.337. The summed E-state index contributed by atoms with van der Waals surface area (Å²) >= 11 is 0. The van der Waals surface area contributed by atoms with Crippen molar-refractivity contribution >= 4 is 36.4 Å². The Kier molecular flexibility index (Phi) is 9.58. The van der Waals surface area contributed by atoms with E-state index in [1.807, 2.05) is 0 Å². The number of rotatable bonds is 11. The minimum Gasteiger partial charge on any atom is -0.440 e. The predicted molar refractivity (Wildman–Crippen MR) is 107 cm³/mol. The standard InChI is InChI=1S/C14H28BO10P3/c1-5-8(16)13(25-28)10(6(21-5)3-19-26)23-14-9(17)12(18-2)11(24-15)7(22-14)4-20-27/h5-14,16-17H,3-4,26-28H2,1-2H3/t5?,6?,7?,8-,9+,10-,11-,12+,13+,14?/m0/s1/i16D,17D. The average molecular weight is 462 g/mol. The van der Waals surface area contributed by atoms with Gasteiger partial charge in [0.25, 0.3) is 8.05 Å². The van der Waals surface area contributed by atoms with Crippen LogP contribution in [0, 0.1) is 0 Å². The molecule has 162 valence electrons.